The third kappa shape index (κ3) is 2.56. The second-order valence-corrected chi connectivity index (χ2v) is 4.22. The van der Waals surface area contributed by atoms with Gasteiger partial charge in [0.15, 0.2) is 0 Å². The van der Waals surface area contributed by atoms with E-state index in [1.807, 2.05) is 18.2 Å². The summed E-state index contributed by atoms with van der Waals surface area (Å²) >= 11 is 0. The number of nitrogens with zero attached hydrogens (tertiary/aromatic N) is 1. The molecule has 0 aliphatic carbocycles. The average Bonchev–Trinajstić information content (AvgIpc) is 2.78. The smallest absolute Gasteiger partial charge is 0.149 e. The number of oxime groups is 1. The van der Waals surface area contributed by atoms with E-state index in [-0.39, 0.29) is 0 Å². The molecule has 3 heteroatoms. The first-order valence-electron chi connectivity index (χ1n) is 5.58. The van der Waals surface area contributed by atoms with Crippen LogP contribution in [0.1, 0.15) is 31.1 Å². The summed E-state index contributed by atoms with van der Waals surface area (Å²) < 4.78 is 5.50. The molecular weight excluding hydrogens is 214 g/mol. The van der Waals surface area contributed by atoms with Crippen LogP contribution in [0.3, 0.4) is 0 Å². The molecule has 1 N–H and O–H groups in total. The Kier molecular flexibility index (Phi) is 3.28. The minimum Gasteiger partial charge on any atom is -0.455 e. The minimum atomic E-state index is 0.526. The Morgan fingerprint density at radius 3 is 2.41 bits per heavy atom. The van der Waals surface area contributed by atoms with E-state index in [0.29, 0.717) is 11.7 Å². The summed E-state index contributed by atoms with van der Waals surface area (Å²) in [6.07, 6.45) is 1.27. The standard InChI is InChI=1S/C14H15NO2/c1-10(2)11-3-5-12(6-4-11)14-8-7-13(17-14)9-15-16/h3-10,16H,1-2H3/b15-9+. The van der Waals surface area contributed by atoms with Crippen LogP contribution in [0.15, 0.2) is 46.0 Å². The average molecular weight is 229 g/mol. The van der Waals surface area contributed by atoms with Gasteiger partial charge in [-0.1, -0.05) is 43.3 Å². The van der Waals surface area contributed by atoms with Crippen molar-refractivity contribution in [1.82, 2.24) is 0 Å². The molecule has 0 fully saturated rings. The van der Waals surface area contributed by atoms with Crippen molar-refractivity contribution in [3.05, 3.63) is 47.7 Å². The third-order valence-corrected chi connectivity index (χ3v) is 2.67. The topological polar surface area (TPSA) is 45.7 Å². The summed E-state index contributed by atoms with van der Waals surface area (Å²) in [6.45, 7) is 4.33. The lowest BCUT2D eigenvalue weighted by molar-refractivity contribution is 0.321. The Morgan fingerprint density at radius 2 is 1.82 bits per heavy atom. The highest BCUT2D eigenvalue weighted by molar-refractivity contribution is 5.76. The molecule has 1 aromatic carbocycles. The van der Waals surface area contributed by atoms with E-state index < -0.39 is 0 Å². The Morgan fingerprint density at radius 1 is 1.12 bits per heavy atom. The molecule has 0 unspecified atom stereocenters. The Hall–Kier alpha value is -2.03. The Bertz CT molecular complexity index is 509. The highest BCUT2D eigenvalue weighted by atomic mass is 16.4. The van der Waals surface area contributed by atoms with E-state index in [1.165, 1.54) is 11.8 Å². The van der Waals surface area contributed by atoms with Crippen LogP contribution in [-0.2, 0) is 0 Å². The van der Waals surface area contributed by atoms with Crippen LogP contribution >= 0.6 is 0 Å². The monoisotopic (exact) mass is 229 g/mol. The van der Waals surface area contributed by atoms with Crippen molar-refractivity contribution in [2.45, 2.75) is 19.8 Å². The first-order chi connectivity index (χ1) is 8.20. The van der Waals surface area contributed by atoms with E-state index in [0.717, 1.165) is 11.3 Å². The van der Waals surface area contributed by atoms with E-state index in [1.54, 1.807) is 6.07 Å². The van der Waals surface area contributed by atoms with Crippen molar-refractivity contribution in [2.75, 3.05) is 0 Å². The van der Waals surface area contributed by atoms with E-state index in [4.69, 9.17) is 9.62 Å². The lowest BCUT2D eigenvalue weighted by Crippen LogP contribution is -1.86. The molecule has 2 aromatic rings. The van der Waals surface area contributed by atoms with Crippen LogP contribution in [0, 0.1) is 0 Å². The van der Waals surface area contributed by atoms with Crippen molar-refractivity contribution < 1.29 is 9.62 Å². The van der Waals surface area contributed by atoms with Crippen molar-refractivity contribution in [1.29, 1.82) is 0 Å². The molecule has 17 heavy (non-hydrogen) atoms. The van der Waals surface area contributed by atoms with Gasteiger partial charge in [0, 0.05) is 5.56 Å². The third-order valence-electron chi connectivity index (χ3n) is 2.67. The van der Waals surface area contributed by atoms with Gasteiger partial charge in [-0.15, -0.1) is 0 Å². The Labute approximate surface area is 100 Å². The van der Waals surface area contributed by atoms with Crippen LogP contribution in [0.4, 0.5) is 0 Å². The van der Waals surface area contributed by atoms with E-state index >= 15 is 0 Å². The molecule has 0 amide bonds. The fourth-order valence-electron chi connectivity index (χ4n) is 1.67. The molecule has 0 radical (unpaired) electrons. The summed E-state index contributed by atoms with van der Waals surface area (Å²) in [4.78, 5) is 0. The maximum absolute atomic E-state index is 8.41. The van der Waals surface area contributed by atoms with Crippen LogP contribution in [0.5, 0.6) is 0 Å². The number of hydrogen-bond acceptors (Lipinski definition) is 3. The van der Waals surface area contributed by atoms with Crippen molar-refractivity contribution in [3.63, 3.8) is 0 Å². The lowest BCUT2D eigenvalue weighted by atomic mass is 10.0. The first-order valence-corrected chi connectivity index (χ1v) is 5.58. The molecule has 0 aliphatic heterocycles. The van der Waals surface area contributed by atoms with Gasteiger partial charge < -0.3 is 9.62 Å². The van der Waals surface area contributed by atoms with Crippen molar-refractivity contribution in [2.24, 2.45) is 5.16 Å². The fourth-order valence-corrected chi connectivity index (χ4v) is 1.67. The summed E-state index contributed by atoms with van der Waals surface area (Å²) in [5.74, 6) is 1.84. The highest BCUT2D eigenvalue weighted by Gasteiger charge is 2.04. The van der Waals surface area contributed by atoms with Gasteiger partial charge in [-0.3, -0.25) is 0 Å². The second kappa shape index (κ2) is 4.87. The van der Waals surface area contributed by atoms with Crippen LogP contribution in [0.25, 0.3) is 11.3 Å². The molecule has 1 heterocycles. The van der Waals surface area contributed by atoms with Gasteiger partial charge in [-0.25, -0.2) is 0 Å². The molecule has 0 saturated heterocycles. The summed E-state index contributed by atoms with van der Waals surface area (Å²) in [5, 5.41) is 11.3. The first kappa shape index (κ1) is 11.5. The molecule has 1 aromatic heterocycles. The molecule has 0 atom stereocenters. The van der Waals surface area contributed by atoms with Crippen molar-refractivity contribution >= 4 is 6.21 Å². The zero-order valence-electron chi connectivity index (χ0n) is 9.92. The van der Waals surface area contributed by atoms with Gasteiger partial charge in [-0.05, 0) is 23.6 Å². The molecular formula is C14H15NO2. The van der Waals surface area contributed by atoms with Crippen LogP contribution in [-0.4, -0.2) is 11.4 Å². The molecule has 0 bridgehead atoms. The number of hydrogen-bond donors (Lipinski definition) is 1. The lowest BCUT2D eigenvalue weighted by Gasteiger charge is -2.05. The van der Waals surface area contributed by atoms with Gasteiger partial charge in [0.25, 0.3) is 0 Å². The van der Waals surface area contributed by atoms with E-state index in [2.05, 4.69) is 31.1 Å². The molecule has 0 saturated carbocycles. The summed E-state index contributed by atoms with van der Waals surface area (Å²) in [5.41, 5.74) is 2.32. The zero-order valence-corrected chi connectivity index (χ0v) is 9.92. The maximum Gasteiger partial charge on any atom is 0.149 e. The van der Waals surface area contributed by atoms with Crippen molar-refractivity contribution in [3.8, 4) is 11.3 Å². The number of rotatable bonds is 3. The number of benzene rings is 1. The predicted molar refractivity (Wildman–Crippen MR) is 67.6 cm³/mol. The Balaban J connectivity index is 2.26. The number of furan rings is 1. The minimum absolute atomic E-state index is 0.526. The van der Waals surface area contributed by atoms with Gasteiger partial charge in [0.05, 0.1) is 0 Å². The summed E-state index contributed by atoms with van der Waals surface area (Å²) in [7, 11) is 0. The molecule has 0 spiro atoms. The van der Waals surface area contributed by atoms with Gasteiger partial charge >= 0.3 is 0 Å². The van der Waals surface area contributed by atoms with Crippen LogP contribution < -0.4 is 0 Å². The molecule has 0 aliphatic rings. The normalized spacial score (nSPS) is 11.5. The zero-order chi connectivity index (χ0) is 12.3. The van der Waals surface area contributed by atoms with Crippen LogP contribution in [0.2, 0.25) is 0 Å². The predicted octanol–water partition coefficient (Wildman–Crippen LogP) is 3.88. The SMILES string of the molecule is CC(C)c1ccc(-c2ccc(/C=N/O)o2)cc1. The van der Waals surface area contributed by atoms with Gasteiger partial charge in [-0.2, -0.15) is 0 Å². The fraction of sp³-hybridized carbons (Fsp3) is 0.214. The van der Waals surface area contributed by atoms with E-state index in [9.17, 15) is 0 Å². The molecule has 88 valence electrons. The molecule has 3 nitrogen and oxygen atoms in total. The highest BCUT2D eigenvalue weighted by Crippen LogP contribution is 2.24. The largest absolute Gasteiger partial charge is 0.455 e. The second-order valence-electron chi connectivity index (χ2n) is 4.22. The molecule has 2 rings (SSSR count). The van der Waals surface area contributed by atoms with Gasteiger partial charge in [0.1, 0.15) is 17.7 Å². The van der Waals surface area contributed by atoms with Gasteiger partial charge in [0.2, 0.25) is 0 Å². The maximum atomic E-state index is 8.41. The summed E-state index contributed by atoms with van der Waals surface area (Å²) in [6, 6.07) is 11.9. The quantitative estimate of drug-likeness (QED) is 0.493.